The zero-order valence-electron chi connectivity index (χ0n) is 22.3. The van der Waals surface area contributed by atoms with E-state index in [2.05, 4.69) is 13.0 Å². The van der Waals surface area contributed by atoms with Crippen LogP contribution in [0.2, 0.25) is 0 Å². The van der Waals surface area contributed by atoms with Gasteiger partial charge in [0, 0.05) is 12.5 Å². The summed E-state index contributed by atoms with van der Waals surface area (Å²) in [7, 11) is 1.62. The molecule has 202 valence electrons. The highest BCUT2D eigenvalue weighted by atomic mass is 32.2. The highest BCUT2D eigenvalue weighted by Crippen LogP contribution is 2.82. The average Bonchev–Trinajstić information content (AvgIpc) is 3.41. The average molecular weight is 523 g/mol. The third-order valence-electron chi connectivity index (χ3n) is 10.9. The van der Waals surface area contributed by atoms with Gasteiger partial charge in [-0.3, -0.25) is 4.79 Å². The van der Waals surface area contributed by atoms with Gasteiger partial charge >= 0.3 is 5.97 Å². The Bertz CT molecular complexity index is 937. The van der Waals surface area contributed by atoms with Crippen LogP contribution in [0, 0.1) is 45.8 Å². The number of allylic oxidation sites excluding steroid dienone is 1. The molecule has 1 heterocycles. The summed E-state index contributed by atoms with van der Waals surface area (Å²) in [5.41, 5.74) is -2.06. The van der Waals surface area contributed by atoms with Crippen LogP contribution in [-0.4, -0.2) is 72.3 Å². The highest BCUT2D eigenvalue weighted by Gasteiger charge is 2.84. The molecule has 0 spiro atoms. The molecule has 0 aromatic heterocycles. The third-order valence-corrected chi connectivity index (χ3v) is 12.0. The molecule has 0 aromatic rings. The Morgan fingerprint density at radius 3 is 2.61 bits per heavy atom. The highest BCUT2D eigenvalue weighted by molar-refractivity contribution is 7.99. The second-order valence-corrected chi connectivity index (χ2v) is 13.4. The monoisotopic (exact) mass is 522 g/mol. The molecule has 36 heavy (non-hydrogen) atoms. The standard InChI is InChI=1S/C28H42O7S/c1-14(2)20-9-17-10-26(12-29)19-8-7-15(3)18(19)11-27(17,28(20,26)25(31)32)13-34-24-21(30)23(36-6)22(33-5)16(4)35-24/h9,12,14-19,21-24,30H,7-8,10-11,13H2,1-6H3,(H,31,32)/t15?,16-,17?,18?,19?,21+,22-,23+,24-,26?,27?,28?/m1/s1. The Morgan fingerprint density at radius 2 is 2.03 bits per heavy atom. The summed E-state index contributed by atoms with van der Waals surface area (Å²) < 4.78 is 18.2. The summed E-state index contributed by atoms with van der Waals surface area (Å²) in [6.45, 7) is 8.39. The molecule has 0 radical (unpaired) electrons. The van der Waals surface area contributed by atoms with Crippen molar-refractivity contribution in [1.29, 1.82) is 0 Å². The van der Waals surface area contributed by atoms with Crippen LogP contribution in [0.5, 0.6) is 0 Å². The Morgan fingerprint density at radius 1 is 1.31 bits per heavy atom. The maximum atomic E-state index is 13.5. The SMILES string of the molecule is CO[C@H]1[C@@H](SC)[C@H](O)[C@H](OCC23CC4C(C)CCC4C4(C=O)CC2C=C(C(C)C)C43C(=O)O)O[C@@H]1C. The molecule has 0 aromatic carbocycles. The number of aliphatic hydroxyl groups is 1. The minimum atomic E-state index is -1.29. The Labute approximate surface area is 218 Å². The van der Waals surface area contributed by atoms with Crippen molar-refractivity contribution in [1.82, 2.24) is 0 Å². The first-order valence-electron chi connectivity index (χ1n) is 13.5. The normalized spacial score (nSPS) is 51.3. The van der Waals surface area contributed by atoms with E-state index < -0.39 is 34.6 Å². The smallest absolute Gasteiger partial charge is 0.315 e. The van der Waals surface area contributed by atoms with Crippen molar-refractivity contribution in [3.8, 4) is 0 Å². The van der Waals surface area contributed by atoms with E-state index in [-0.39, 0.29) is 41.8 Å². The lowest BCUT2D eigenvalue weighted by molar-refractivity contribution is -0.277. The molecule has 4 aliphatic carbocycles. The van der Waals surface area contributed by atoms with Crippen LogP contribution in [0.25, 0.3) is 0 Å². The van der Waals surface area contributed by atoms with E-state index in [4.69, 9.17) is 14.2 Å². The molecule has 1 aliphatic heterocycles. The van der Waals surface area contributed by atoms with Crippen molar-refractivity contribution < 1.29 is 34.0 Å². The van der Waals surface area contributed by atoms with Gasteiger partial charge in [0.15, 0.2) is 6.29 Å². The number of carbonyl (C=O) groups is 2. The fourth-order valence-electron chi connectivity index (χ4n) is 9.59. The summed E-state index contributed by atoms with van der Waals surface area (Å²) in [4.78, 5) is 26.7. The quantitative estimate of drug-likeness (QED) is 0.367. The second kappa shape index (κ2) is 9.08. The largest absolute Gasteiger partial charge is 0.481 e. The Balaban J connectivity index is 1.56. The number of thioether (sulfide) groups is 1. The van der Waals surface area contributed by atoms with Gasteiger partial charge in [0.1, 0.15) is 17.8 Å². The van der Waals surface area contributed by atoms with E-state index in [0.29, 0.717) is 18.3 Å². The van der Waals surface area contributed by atoms with E-state index in [1.165, 1.54) is 11.8 Å². The molecule has 5 aliphatic rings. The fourth-order valence-corrected chi connectivity index (χ4v) is 10.6. The van der Waals surface area contributed by atoms with Crippen molar-refractivity contribution in [3.63, 3.8) is 0 Å². The predicted molar refractivity (Wildman–Crippen MR) is 136 cm³/mol. The summed E-state index contributed by atoms with van der Waals surface area (Å²) in [5.74, 6) is -0.1000. The number of carboxylic acids is 1. The number of carbonyl (C=O) groups excluding carboxylic acids is 1. The maximum absolute atomic E-state index is 13.5. The summed E-state index contributed by atoms with van der Waals surface area (Å²) in [6.07, 6.45) is 6.02. The topological polar surface area (TPSA) is 102 Å². The zero-order chi connectivity index (χ0) is 26.2. The minimum Gasteiger partial charge on any atom is -0.481 e. The molecular formula is C28H42O7S. The molecule has 7 unspecified atom stereocenters. The van der Waals surface area contributed by atoms with Gasteiger partial charge in [0.2, 0.25) is 0 Å². The van der Waals surface area contributed by atoms with Gasteiger partial charge in [0.25, 0.3) is 0 Å². The molecule has 12 atom stereocenters. The molecule has 7 nitrogen and oxygen atoms in total. The number of aldehydes is 1. The second-order valence-electron chi connectivity index (χ2n) is 12.4. The molecule has 5 rings (SSSR count). The Hall–Kier alpha value is -0.930. The first kappa shape index (κ1) is 26.7. The van der Waals surface area contributed by atoms with Crippen LogP contribution in [0.1, 0.15) is 53.4 Å². The molecule has 4 fully saturated rings. The van der Waals surface area contributed by atoms with Crippen molar-refractivity contribution in [2.75, 3.05) is 20.0 Å². The van der Waals surface area contributed by atoms with Crippen molar-refractivity contribution in [2.24, 2.45) is 45.8 Å². The van der Waals surface area contributed by atoms with E-state index in [0.717, 1.165) is 31.1 Å². The van der Waals surface area contributed by atoms with Gasteiger partial charge in [-0.1, -0.05) is 38.8 Å². The van der Waals surface area contributed by atoms with Gasteiger partial charge < -0.3 is 29.2 Å². The number of hydrogen-bond acceptors (Lipinski definition) is 7. The Kier molecular flexibility index (Phi) is 6.72. The van der Waals surface area contributed by atoms with E-state index >= 15 is 0 Å². The number of fused-ring (bicyclic) bond motifs is 2. The summed E-state index contributed by atoms with van der Waals surface area (Å²) in [5, 5.41) is 22.0. The minimum absolute atomic E-state index is 0.0142. The lowest BCUT2D eigenvalue weighted by atomic mass is 9.43. The molecule has 3 saturated carbocycles. The maximum Gasteiger partial charge on any atom is 0.315 e. The van der Waals surface area contributed by atoms with Gasteiger partial charge in [0.05, 0.1) is 29.5 Å². The molecule has 1 saturated heterocycles. The van der Waals surface area contributed by atoms with Crippen LogP contribution < -0.4 is 0 Å². The molecular weight excluding hydrogens is 480 g/mol. The van der Waals surface area contributed by atoms with Crippen molar-refractivity contribution >= 4 is 24.0 Å². The predicted octanol–water partition coefficient (Wildman–Crippen LogP) is 3.78. The van der Waals surface area contributed by atoms with Gasteiger partial charge in [-0.15, -0.1) is 0 Å². The van der Waals surface area contributed by atoms with Gasteiger partial charge in [-0.25, -0.2) is 0 Å². The lowest BCUT2D eigenvalue weighted by Crippen LogP contribution is -2.64. The first-order chi connectivity index (χ1) is 17.1. The van der Waals surface area contributed by atoms with Crippen molar-refractivity contribution in [3.05, 3.63) is 11.6 Å². The van der Waals surface area contributed by atoms with Crippen LogP contribution in [0.4, 0.5) is 0 Å². The number of methoxy groups -OCH3 is 1. The zero-order valence-corrected chi connectivity index (χ0v) is 23.1. The number of aliphatic carboxylic acids is 1. The summed E-state index contributed by atoms with van der Waals surface area (Å²) in [6, 6.07) is 0. The first-order valence-corrected chi connectivity index (χ1v) is 14.8. The number of rotatable bonds is 8. The third kappa shape index (κ3) is 3.08. The van der Waals surface area contributed by atoms with Crippen LogP contribution >= 0.6 is 11.8 Å². The van der Waals surface area contributed by atoms with Crippen LogP contribution in [-0.2, 0) is 23.8 Å². The number of carboxylic acid groups (broad SMARTS) is 1. The molecule has 0 amide bonds. The van der Waals surface area contributed by atoms with Gasteiger partial charge in [-0.2, -0.15) is 11.8 Å². The molecule has 2 N–H and O–H groups in total. The fraction of sp³-hybridized carbons (Fsp3) is 0.857. The summed E-state index contributed by atoms with van der Waals surface area (Å²) >= 11 is 1.52. The van der Waals surface area contributed by atoms with Crippen LogP contribution in [0.15, 0.2) is 11.6 Å². The lowest BCUT2D eigenvalue weighted by Gasteiger charge is -2.58. The number of aliphatic hydroxyl groups excluding tert-OH is 1. The molecule has 8 heteroatoms. The molecule has 4 bridgehead atoms. The van der Waals surface area contributed by atoms with Crippen molar-refractivity contribution in [2.45, 2.75) is 83.2 Å². The number of ether oxygens (including phenoxy) is 3. The van der Waals surface area contributed by atoms with E-state index in [1.54, 1.807) is 7.11 Å². The van der Waals surface area contributed by atoms with E-state index in [9.17, 15) is 19.8 Å². The van der Waals surface area contributed by atoms with Gasteiger partial charge in [-0.05, 0) is 62.0 Å². The number of hydrogen-bond donors (Lipinski definition) is 2. The van der Waals surface area contributed by atoms with E-state index in [1.807, 2.05) is 27.0 Å². The van der Waals surface area contributed by atoms with Crippen LogP contribution in [0.3, 0.4) is 0 Å².